The monoisotopic (exact) mass is 373 g/mol. The predicted molar refractivity (Wildman–Crippen MR) is 85.5 cm³/mol. The van der Waals surface area contributed by atoms with Gasteiger partial charge in [0.05, 0.1) is 5.69 Å². The Bertz CT molecular complexity index is 574. The predicted octanol–water partition coefficient (Wildman–Crippen LogP) is 4.09. The molecule has 0 radical (unpaired) electrons. The van der Waals surface area contributed by atoms with Gasteiger partial charge in [0.15, 0.2) is 0 Å². The Morgan fingerprint density at radius 1 is 1.24 bits per heavy atom. The third-order valence-electron chi connectivity index (χ3n) is 2.73. The third-order valence-corrected chi connectivity index (χ3v) is 3.65. The summed E-state index contributed by atoms with van der Waals surface area (Å²) in [7, 11) is 0. The molecule has 0 saturated heterocycles. The van der Waals surface area contributed by atoms with Crippen molar-refractivity contribution in [3.8, 4) is 5.75 Å². The highest BCUT2D eigenvalue weighted by atomic mass is 79.9. The first-order valence-electron chi connectivity index (χ1n) is 6.30. The van der Waals surface area contributed by atoms with Crippen LogP contribution in [0.2, 0.25) is 5.02 Å². The van der Waals surface area contributed by atoms with E-state index in [0.29, 0.717) is 20.9 Å². The van der Waals surface area contributed by atoms with E-state index >= 15 is 0 Å². The molecule has 1 unspecified atom stereocenters. The largest absolute Gasteiger partial charge is 0.491 e. The van der Waals surface area contributed by atoms with E-state index in [2.05, 4.69) is 21.2 Å². The number of hydrogen-bond acceptors (Lipinski definition) is 3. The van der Waals surface area contributed by atoms with Gasteiger partial charge in [0.2, 0.25) is 0 Å². The zero-order valence-corrected chi connectivity index (χ0v) is 13.4. The summed E-state index contributed by atoms with van der Waals surface area (Å²) in [6.07, 6.45) is -0.771. The molecule has 0 heterocycles. The van der Waals surface area contributed by atoms with Crippen LogP contribution >= 0.6 is 27.5 Å². The molecule has 3 nitrogen and oxygen atoms in total. The van der Waals surface area contributed by atoms with Crippen molar-refractivity contribution in [2.24, 2.45) is 0 Å². The molecule has 0 aliphatic rings. The van der Waals surface area contributed by atoms with E-state index in [9.17, 15) is 9.50 Å². The number of aliphatic hydroxyl groups excluding tert-OH is 1. The zero-order chi connectivity index (χ0) is 15.2. The lowest BCUT2D eigenvalue weighted by atomic mass is 10.3. The second-order valence-electron chi connectivity index (χ2n) is 4.40. The number of hydrogen-bond donors (Lipinski definition) is 2. The smallest absolute Gasteiger partial charge is 0.147 e. The Morgan fingerprint density at radius 3 is 2.62 bits per heavy atom. The van der Waals surface area contributed by atoms with Crippen molar-refractivity contribution < 1.29 is 14.2 Å². The molecular formula is C15H14BrClFNO2. The minimum absolute atomic E-state index is 0.0979. The quantitative estimate of drug-likeness (QED) is 0.800. The molecule has 0 aliphatic heterocycles. The molecule has 0 aromatic heterocycles. The summed E-state index contributed by atoms with van der Waals surface area (Å²) in [4.78, 5) is 0. The van der Waals surface area contributed by atoms with Crippen molar-refractivity contribution in [1.29, 1.82) is 0 Å². The number of benzene rings is 2. The van der Waals surface area contributed by atoms with Gasteiger partial charge in [-0.1, -0.05) is 17.7 Å². The fourth-order valence-electron chi connectivity index (χ4n) is 1.67. The van der Waals surface area contributed by atoms with Gasteiger partial charge in [-0.2, -0.15) is 0 Å². The van der Waals surface area contributed by atoms with E-state index in [4.69, 9.17) is 16.3 Å². The van der Waals surface area contributed by atoms with Gasteiger partial charge in [0.1, 0.15) is 24.3 Å². The first-order valence-corrected chi connectivity index (χ1v) is 7.47. The van der Waals surface area contributed by atoms with Crippen molar-refractivity contribution in [1.82, 2.24) is 0 Å². The molecule has 0 bridgehead atoms. The fourth-order valence-corrected chi connectivity index (χ4v) is 2.28. The maximum absolute atomic E-state index is 13.6. The second-order valence-corrected chi connectivity index (χ2v) is 5.69. The lowest BCUT2D eigenvalue weighted by Gasteiger charge is -2.15. The van der Waals surface area contributed by atoms with Gasteiger partial charge in [-0.3, -0.25) is 0 Å². The number of nitrogens with one attached hydrogen (secondary N) is 1. The molecule has 6 heteroatoms. The Balaban J connectivity index is 1.82. The average Bonchev–Trinajstić information content (AvgIpc) is 2.46. The summed E-state index contributed by atoms with van der Waals surface area (Å²) in [5, 5.41) is 13.3. The minimum Gasteiger partial charge on any atom is -0.491 e. The Morgan fingerprint density at radius 2 is 1.95 bits per heavy atom. The Labute approximate surface area is 135 Å². The number of aliphatic hydroxyl groups is 1. The van der Waals surface area contributed by atoms with E-state index in [1.807, 2.05) is 0 Å². The van der Waals surface area contributed by atoms with Gasteiger partial charge in [-0.15, -0.1) is 0 Å². The number of anilines is 1. The molecular weight excluding hydrogens is 361 g/mol. The van der Waals surface area contributed by atoms with Crippen LogP contribution in [0.4, 0.5) is 10.1 Å². The zero-order valence-electron chi connectivity index (χ0n) is 11.0. The van der Waals surface area contributed by atoms with Crippen LogP contribution in [0.1, 0.15) is 0 Å². The molecule has 2 rings (SSSR count). The molecule has 0 amide bonds. The van der Waals surface area contributed by atoms with Crippen molar-refractivity contribution in [2.75, 3.05) is 18.5 Å². The van der Waals surface area contributed by atoms with Crippen molar-refractivity contribution in [2.45, 2.75) is 6.10 Å². The van der Waals surface area contributed by atoms with Crippen LogP contribution in [-0.4, -0.2) is 24.4 Å². The number of rotatable bonds is 6. The van der Waals surface area contributed by atoms with Crippen molar-refractivity contribution in [3.63, 3.8) is 0 Å². The van der Waals surface area contributed by atoms with Crippen LogP contribution in [0.3, 0.4) is 0 Å². The van der Waals surface area contributed by atoms with E-state index in [-0.39, 0.29) is 19.0 Å². The van der Waals surface area contributed by atoms with Gasteiger partial charge >= 0.3 is 0 Å². The fraction of sp³-hybridized carbons (Fsp3) is 0.200. The Hall–Kier alpha value is -1.30. The van der Waals surface area contributed by atoms with Crippen molar-refractivity contribution in [3.05, 3.63) is 57.8 Å². The van der Waals surface area contributed by atoms with E-state index in [1.165, 1.54) is 6.07 Å². The number of para-hydroxylation sites is 1. The van der Waals surface area contributed by atoms with E-state index in [0.717, 1.165) is 0 Å². The van der Waals surface area contributed by atoms with E-state index in [1.54, 1.807) is 36.4 Å². The highest BCUT2D eigenvalue weighted by Crippen LogP contribution is 2.25. The standard InChI is InChI=1S/C15H14BrClFNO2/c16-13-2-1-3-14(18)15(13)19-8-11(20)9-21-12-6-4-10(17)5-7-12/h1-7,11,19-20H,8-9H2. The lowest BCUT2D eigenvalue weighted by Crippen LogP contribution is -2.26. The van der Waals surface area contributed by atoms with Crippen molar-refractivity contribution >= 4 is 33.2 Å². The first kappa shape index (κ1) is 16.1. The highest BCUT2D eigenvalue weighted by Gasteiger charge is 2.10. The molecule has 21 heavy (non-hydrogen) atoms. The lowest BCUT2D eigenvalue weighted by molar-refractivity contribution is 0.117. The molecule has 0 saturated carbocycles. The maximum Gasteiger partial charge on any atom is 0.147 e. The highest BCUT2D eigenvalue weighted by molar-refractivity contribution is 9.10. The van der Waals surface area contributed by atoms with Gasteiger partial charge in [0, 0.05) is 16.0 Å². The molecule has 2 aromatic rings. The first-order chi connectivity index (χ1) is 10.1. The van der Waals surface area contributed by atoms with Gasteiger partial charge in [-0.05, 0) is 52.3 Å². The summed E-state index contributed by atoms with van der Waals surface area (Å²) in [5.41, 5.74) is 0.322. The van der Waals surface area contributed by atoms with Crippen LogP contribution in [-0.2, 0) is 0 Å². The minimum atomic E-state index is -0.771. The van der Waals surface area contributed by atoms with Gasteiger partial charge in [0.25, 0.3) is 0 Å². The normalized spacial score (nSPS) is 12.0. The summed E-state index contributed by atoms with van der Waals surface area (Å²) in [6, 6.07) is 11.5. The van der Waals surface area contributed by atoms with Crippen LogP contribution in [0.5, 0.6) is 5.75 Å². The van der Waals surface area contributed by atoms with Gasteiger partial charge < -0.3 is 15.2 Å². The summed E-state index contributed by atoms with van der Waals surface area (Å²) in [5.74, 6) is 0.237. The molecule has 0 spiro atoms. The van der Waals surface area contributed by atoms with Crippen LogP contribution < -0.4 is 10.1 Å². The third kappa shape index (κ3) is 4.88. The number of ether oxygens (including phenoxy) is 1. The molecule has 2 N–H and O–H groups in total. The molecule has 1 atom stereocenters. The van der Waals surface area contributed by atoms with Gasteiger partial charge in [-0.25, -0.2) is 4.39 Å². The Kier molecular flexibility index (Phi) is 5.85. The molecule has 2 aromatic carbocycles. The van der Waals surface area contributed by atoms with Crippen LogP contribution in [0.25, 0.3) is 0 Å². The van der Waals surface area contributed by atoms with Crippen LogP contribution in [0, 0.1) is 5.82 Å². The summed E-state index contributed by atoms with van der Waals surface area (Å²) >= 11 is 9.02. The maximum atomic E-state index is 13.6. The van der Waals surface area contributed by atoms with Crippen LogP contribution in [0.15, 0.2) is 46.9 Å². The summed E-state index contributed by atoms with van der Waals surface area (Å²) < 4.78 is 19.6. The number of halogens is 3. The van der Waals surface area contributed by atoms with E-state index < -0.39 is 6.10 Å². The topological polar surface area (TPSA) is 41.5 Å². The molecule has 0 aliphatic carbocycles. The SMILES string of the molecule is OC(CNc1c(F)cccc1Br)COc1ccc(Cl)cc1. The molecule has 112 valence electrons. The molecule has 0 fully saturated rings. The summed E-state index contributed by atoms with van der Waals surface area (Å²) in [6.45, 7) is 0.272. The average molecular weight is 375 g/mol. The second kappa shape index (κ2) is 7.64.